The number of amides is 4. The van der Waals surface area contributed by atoms with Gasteiger partial charge in [-0.2, -0.15) is 0 Å². The minimum atomic E-state index is -0.569. The Morgan fingerprint density at radius 1 is 0.732 bits per heavy atom. The molecule has 4 amide bonds. The van der Waals surface area contributed by atoms with E-state index in [-0.39, 0.29) is 17.4 Å². The van der Waals surface area contributed by atoms with Crippen LogP contribution in [0, 0.1) is 5.82 Å². The molecular weight excluding hydrogens is 543 g/mol. The van der Waals surface area contributed by atoms with Crippen molar-refractivity contribution >= 4 is 52.8 Å². The number of carbonyl (C=O) groups is 4. The highest BCUT2D eigenvalue weighted by atomic mass is 32.2. The standard InChI is InChI=1S/C31H25FN4O4S/c32-23-10-6-20(7-11-23)18-27(36-30(39)22-4-2-1-3-5-22)31(40)35-25-14-16-26(17-15-25)41-19-28(37)34-24-12-8-21(9-13-24)29(33)38/h1-18H,19H2,(H2,33,38)(H,34,37)(H,35,40)(H,36,39)/b27-18-. The van der Waals surface area contributed by atoms with Gasteiger partial charge in [0.05, 0.1) is 5.75 Å². The molecular formula is C31H25FN4O4S. The van der Waals surface area contributed by atoms with Gasteiger partial charge in [-0.3, -0.25) is 19.2 Å². The van der Waals surface area contributed by atoms with Crippen LogP contribution in [0.15, 0.2) is 114 Å². The van der Waals surface area contributed by atoms with Crippen LogP contribution in [0.5, 0.6) is 0 Å². The van der Waals surface area contributed by atoms with E-state index < -0.39 is 23.5 Å². The number of benzene rings is 4. The van der Waals surface area contributed by atoms with Crippen molar-refractivity contribution in [2.45, 2.75) is 4.90 Å². The maximum absolute atomic E-state index is 13.4. The van der Waals surface area contributed by atoms with E-state index in [1.165, 1.54) is 54.2 Å². The number of nitrogens with one attached hydrogen (secondary N) is 3. The number of anilines is 2. The molecule has 41 heavy (non-hydrogen) atoms. The van der Waals surface area contributed by atoms with Gasteiger partial charge in [0.15, 0.2) is 0 Å². The molecule has 0 saturated heterocycles. The summed E-state index contributed by atoms with van der Waals surface area (Å²) in [7, 11) is 0. The first kappa shape index (κ1) is 28.8. The number of nitrogens with two attached hydrogens (primary N) is 1. The van der Waals surface area contributed by atoms with E-state index in [0.29, 0.717) is 28.1 Å². The highest BCUT2D eigenvalue weighted by molar-refractivity contribution is 8.00. The lowest BCUT2D eigenvalue weighted by Gasteiger charge is -2.12. The normalized spacial score (nSPS) is 10.9. The van der Waals surface area contributed by atoms with Crippen molar-refractivity contribution < 1.29 is 23.6 Å². The minimum Gasteiger partial charge on any atom is -0.366 e. The Balaban J connectivity index is 1.37. The number of hydrogen-bond acceptors (Lipinski definition) is 5. The Morgan fingerprint density at radius 2 is 1.34 bits per heavy atom. The van der Waals surface area contributed by atoms with E-state index in [4.69, 9.17) is 5.73 Å². The van der Waals surface area contributed by atoms with Crippen LogP contribution in [-0.2, 0) is 9.59 Å². The molecule has 0 radical (unpaired) electrons. The van der Waals surface area contributed by atoms with Crippen LogP contribution in [0.25, 0.3) is 6.08 Å². The van der Waals surface area contributed by atoms with Crippen molar-refractivity contribution in [1.82, 2.24) is 5.32 Å². The number of thioether (sulfide) groups is 1. The first-order valence-corrected chi connectivity index (χ1v) is 13.3. The van der Waals surface area contributed by atoms with Gasteiger partial charge in [0.1, 0.15) is 11.5 Å². The molecule has 0 saturated carbocycles. The monoisotopic (exact) mass is 568 g/mol. The Kier molecular flexibility index (Phi) is 9.63. The number of rotatable bonds is 10. The van der Waals surface area contributed by atoms with Gasteiger partial charge >= 0.3 is 0 Å². The average molecular weight is 569 g/mol. The van der Waals surface area contributed by atoms with Crippen LogP contribution in [-0.4, -0.2) is 29.4 Å². The summed E-state index contributed by atoms with van der Waals surface area (Å²) in [5.74, 6) is -2.10. The molecule has 0 bridgehead atoms. The summed E-state index contributed by atoms with van der Waals surface area (Å²) in [4.78, 5) is 50.1. The van der Waals surface area contributed by atoms with Crippen molar-refractivity contribution in [2.24, 2.45) is 5.73 Å². The summed E-state index contributed by atoms with van der Waals surface area (Å²) in [5.41, 5.74) is 7.46. The Labute approximate surface area is 239 Å². The van der Waals surface area contributed by atoms with Gasteiger partial charge in [-0.25, -0.2) is 4.39 Å². The Morgan fingerprint density at radius 3 is 1.98 bits per heavy atom. The molecule has 4 aromatic rings. The zero-order valence-corrected chi connectivity index (χ0v) is 22.4. The summed E-state index contributed by atoms with van der Waals surface area (Å²) in [6, 6.07) is 27.1. The molecule has 0 aliphatic carbocycles. The van der Waals surface area contributed by atoms with E-state index in [1.807, 2.05) is 0 Å². The van der Waals surface area contributed by atoms with E-state index in [9.17, 15) is 23.6 Å². The zero-order chi connectivity index (χ0) is 29.2. The van der Waals surface area contributed by atoms with Gasteiger partial charge in [-0.05, 0) is 84.4 Å². The van der Waals surface area contributed by atoms with Crippen LogP contribution in [0.3, 0.4) is 0 Å². The fourth-order valence-corrected chi connectivity index (χ4v) is 4.26. The number of hydrogen-bond donors (Lipinski definition) is 4. The molecule has 4 aromatic carbocycles. The summed E-state index contributed by atoms with van der Waals surface area (Å²) in [6.07, 6.45) is 1.46. The third kappa shape index (κ3) is 8.64. The van der Waals surface area contributed by atoms with Crippen molar-refractivity contribution in [3.63, 3.8) is 0 Å². The molecule has 0 heterocycles. The third-order valence-electron chi connectivity index (χ3n) is 5.65. The zero-order valence-electron chi connectivity index (χ0n) is 21.6. The SMILES string of the molecule is NC(=O)c1ccc(NC(=O)CSc2ccc(NC(=O)/C(=C/c3ccc(F)cc3)NC(=O)c3ccccc3)cc2)cc1. The van der Waals surface area contributed by atoms with Gasteiger partial charge < -0.3 is 21.7 Å². The summed E-state index contributed by atoms with van der Waals surface area (Å²) < 4.78 is 13.4. The molecule has 5 N–H and O–H groups in total. The molecule has 206 valence electrons. The highest BCUT2D eigenvalue weighted by Crippen LogP contribution is 2.21. The number of halogens is 1. The quantitative estimate of drug-likeness (QED) is 0.157. The molecule has 0 aliphatic rings. The second kappa shape index (κ2) is 13.7. The second-order valence-electron chi connectivity index (χ2n) is 8.69. The summed E-state index contributed by atoms with van der Waals surface area (Å²) >= 11 is 1.30. The maximum Gasteiger partial charge on any atom is 0.272 e. The fourth-order valence-electron chi connectivity index (χ4n) is 3.56. The van der Waals surface area contributed by atoms with E-state index >= 15 is 0 Å². The van der Waals surface area contributed by atoms with E-state index in [2.05, 4.69) is 16.0 Å². The predicted molar refractivity (Wildman–Crippen MR) is 158 cm³/mol. The van der Waals surface area contributed by atoms with Crippen molar-refractivity contribution in [1.29, 1.82) is 0 Å². The van der Waals surface area contributed by atoms with Crippen molar-refractivity contribution in [3.8, 4) is 0 Å². The lowest BCUT2D eigenvalue weighted by molar-refractivity contribution is -0.114. The molecule has 0 unspecified atom stereocenters. The van der Waals surface area contributed by atoms with Crippen LogP contribution >= 0.6 is 11.8 Å². The van der Waals surface area contributed by atoms with Crippen LogP contribution in [0.1, 0.15) is 26.3 Å². The molecule has 0 aliphatic heterocycles. The lowest BCUT2D eigenvalue weighted by atomic mass is 10.1. The van der Waals surface area contributed by atoms with Crippen LogP contribution < -0.4 is 21.7 Å². The largest absolute Gasteiger partial charge is 0.366 e. The predicted octanol–water partition coefficient (Wildman–Crippen LogP) is 5.07. The molecule has 4 rings (SSSR count). The Bertz CT molecular complexity index is 1570. The highest BCUT2D eigenvalue weighted by Gasteiger charge is 2.15. The first-order chi connectivity index (χ1) is 19.8. The summed E-state index contributed by atoms with van der Waals surface area (Å²) in [6.45, 7) is 0. The first-order valence-electron chi connectivity index (χ1n) is 12.3. The second-order valence-corrected chi connectivity index (χ2v) is 9.74. The van der Waals surface area contributed by atoms with E-state index in [1.54, 1.807) is 66.7 Å². The lowest BCUT2D eigenvalue weighted by Crippen LogP contribution is -2.30. The van der Waals surface area contributed by atoms with Gasteiger partial charge in [0.25, 0.3) is 11.8 Å². The summed E-state index contributed by atoms with van der Waals surface area (Å²) in [5, 5.41) is 8.13. The molecule has 0 spiro atoms. The Hall–Kier alpha value is -5.22. The molecule has 8 nitrogen and oxygen atoms in total. The molecule has 10 heteroatoms. The topological polar surface area (TPSA) is 130 Å². The van der Waals surface area contributed by atoms with Gasteiger partial charge in [-0.1, -0.05) is 30.3 Å². The minimum absolute atomic E-state index is 0.0237. The average Bonchev–Trinajstić information content (AvgIpc) is 2.98. The molecule has 0 fully saturated rings. The maximum atomic E-state index is 13.4. The van der Waals surface area contributed by atoms with E-state index in [0.717, 1.165) is 4.90 Å². The third-order valence-corrected chi connectivity index (χ3v) is 6.66. The van der Waals surface area contributed by atoms with Gasteiger partial charge in [-0.15, -0.1) is 11.8 Å². The fraction of sp³-hybridized carbons (Fsp3) is 0.0323. The van der Waals surface area contributed by atoms with Gasteiger partial charge in [0, 0.05) is 27.4 Å². The van der Waals surface area contributed by atoms with Gasteiger partial charge in [0.2, 0.25) is 11.8 Å². The molecule has 0 atom stereocenters. The van der Waals surface area contributed by atoms with Crippen LogP contribution in [0.2, 0.25) is 0 Å². The number of primary amides is 1. The number of carbonyl (C=O) groups excluding carboxylic acids is 4. The van der Waals surface area contributed by atoms with Crippen molar-refractivity contribution in [2.75, 3.05) is 16.4 Å². The smallest absolute Gasteiger partial charge is 0.272 e. The van der Waals surface area contributed by atoms with Crippen LogP contribution in [0.4, 0.5) is 15.8 Å². The molecule has 0 aromatic heterocycles. The van der Waals surface area contributed by atoms with Crippen molar-refractivity contribution in [3.05, 3.63) is 131 Å².